The van der Waals surface area contributed by atoms with Crippen molar-refractivity contribution >= 4 is 11.9 Å². The molecule has 5 heteroatoms. The first-order valence-corrected chi connectivity index (χ1v) is 25.5. The second-order valence-corrected chi connectivity index (χ2v) is 16.2. The molecule has 5 nitrogen and oxygen atoms in total. The monoisotopic (exact) mass is 893 g/mol. The largest absolute Gasteiger partial charge is 0.462 e. The molecule has 0 heterocycles. The first-order chi connectivity index (χ1) is 32.1. The molecule has 0 aromatic heterocycles. The van der Waals surface area contributed by atoms with Crippen LogP contribution in [-0.4, -0.2) is 36.4 Å². The molecule has 0 bridgehead atoms. The highest BCUT2D eigenvalue weighted by molar-refractivity contribution is 5.70. The highest BCUT2D eigenvalue weighted by Crippen LogP contribution is 2.10. The summed E-state index contributed by atoms with van der Waals surface area (Å²) in [5, 5.41) is 9.58. The Labute approximate surface area is 399 Å². The number of allylic oxidation sites excluding steroid dienone is 26. The van der Waals surface area contributed by atoms with E-state index in [-0.39, 0.29) is 31.6 Å². The van der Waals surface area contributed by atoms with Crippen LogP contribution in [0.25, 0.3) is 0 Å². The number of esters is 2. The van der Waals surface area contributed by atoms with Gasteiger partial charge in [-0.2, -0.15) is 0 Å². The molecule has 0 radical (unpaired) electrons. The maximum atomic E-state index is 12.2. The summed E-state index contributed by atoms with van der Waals surface area (Å²) in [5.74, 6) is -0.667. The highest BCUT2D eigenvalue weighted by Gasteiger charge is 2.16. The molecule has 0 aromatic carbocycles. The van der Waals surface area contributed by atoms with E-state index in [1.54, 1.807) is 0 Å². The Bertz CT molecular complexity index is 1470. The lowest BCUT2D eigenvalue weighted by Crippen LogP contribution is -2.28. The maximum Gasteiger partial charge on any atom is 0.306 e. The van der Waals surface area contributed by atoms with Gasteiger partial charge in [-0.15, -0.1) is 0 Å². The van der Waals surface area contributed by atoms with Crippen molar-refractivity contribution < 1.29 is 24.2 Å². The third-order valence-corrected chi connectivity index (χ3v) is 10.1. The third kappa shape index (κ3) is 52.0. The number of unbranched alkanes of at least 4 members (excludes halogenated alkanes) is 10. The van der Waals surface area contributed by atoms with Crippen molar-refractivity contribution in [1.82, 2.24) is 0 Å². The molecule has 0 aromatic rings. The maximum absolute atomic E-state index is 12.2. The topological polar surface area (TPSA) is 72.8 Å². The van der Waals surface area contributed by atoms with Crippen molar-refractivity contribution in [2.75, 3.05) is 13.2 Å². The van der Waals surface area contributed by atoms with E-state index in [4.69, 9.17) is 9.47 Å². The standard InChI is InChI=1S/C60H92O5/c1-3-5-7-9-11-13-15-17-18-19-20-21-22-23-24-25-26-27-28-29-30-31-32-33-34-35-36-37-38-39-40-41-42-43-45-47-49-51-53-55-60(63)65-58(56-61)57-64-59(62)54-52-50-48-46-44-16-14-12-10-8-6-4-2/h5,7,11-14,17-18,20-21,23-24,26-27,29-30,32-33,35-36,38-39,41-42,45,47,58,61H,3-4,6,8-10,15-16,19,22,25,28,31,34,37,40,43-44,46,48-57H2,1-2H3/b7-5-,13-11-,14-12-,18-17-,21-20-,24-23-,27-26-,30-29-,33-32-,36-35-,39-38-,42-41-,47-45-. The van der Waals surface area contributed by atoms with Crippen LogP contribution in [0, 0.1) is 0 Å². The van der Waals surface area contributed by atoms with E-state index in [0.29, 0.717) is 12.8 Å². The summed E-state index contributed by atoms with van der Waals surface area (Å²) in [6.07, 6.45) is 83.4. The zero-order valence-electron chi connectivity index (χ0n) is 41.2. The van der Waals surface area contributed by atoms with Crippen molar-refractivity contribution in [3.63, 3.8) is 0 Å². The Morgan fingerprint density at radius 3 is 1.05 bits per heavy atom. The highest BCUT2D eigenvalue weighted by atomic mass is 16.6. The van der Waals surface area contributed by atoms with Gasteiger partial charge in [0.05, 0.1) is 6.61 Å². The Balaban J connectivity index is 3.73. The Morgan fingerprint density at radius 2 is 0.662 bits per heavy atom. The summed E-state index contributed by atoms with van der Waals surface area (Å²) in [7, 11) is 0. The molecule has 0 aliphatic rings. The van der Waals surface area contributed by atoms with Gasteiger partial charge in [0.25, 0.3) is 0 Å². The van der Waals surface area contributed by atoms with Crippen LogP contribution in [-0.2, 0) is 19.1 Å². The van der Waals surface area contributed by atoms with E-state index in [2.05, 4.69) is 172 Å². The van der Waals surface area contributed by atoms with Gasteiger partial charge in [-0.05, 0) is 128 Å². The molecule has 0 amide bonds. The van der Waals surface area contributed by atoms with Gasteiger partial charge in [-0.1, -0.05) is 204 Å². The first kappa shape index (κ1) is 60.5. The van der Waals surface area contributed by atoms with Crippen LogP contribution in [0.4, 0.5) is 0 Å². The van der Waals surface area contributed by atoms with E-state index in [9.17, 15) is 14.7 Å². The van der Waals surface area contributed by atoms with Gasteiger partial charge in [0, 0.05) is 12.8 Å². The molecular formula is C60H92O5. The lowest BCUT2D eigenvalue weighted by atomic mass is 10.1. The number of hydrogen-bond donors (Lipinski definition) is 1. The summed E-state index contributed by atoms with van der Waals surface area (Å²) in [6, 6.07) is 0. The molecular weight excluding hydrogens is 801 g/mol. The van der Waals surface area contributed by atoms with Gasteiger partial charge < -0.3 is 14.6 Å². The molecule has 0 aliphatic heterocycles. The Morgan fingerprint density at radius 1 is 0.369 bits per heavy atom. The van der Waals surface area contributed by atoms with Crippen molar-refractivity contribution in [2.24, 2.45) is 0 Å². The fraction of sp³-hybridized carbons (Fsp3) is 0.533. The zero-order chi connectivity index (χ0) is 47.0. The van der Waals surface area contributed by atoms with E-state index in [1.165, 1.54) is 38.5 Å². The molecule has 0 fully saturated rings. The minimum absolute atomic E-state index is 0.0979. The van der Waals surface area contributed by atoms with E-state index in [0.717, 1.165) is 116 Å². The summed E-state index contributed by atoms with van der Waals surface area (Å²) < 4.78 is 10.6. The van der Waals surface area contributed by atoms with E-state index < -0.39 is 6.10 Å². The van der Waals surface area contributed by atoms with Gasteiger partial charge >= 0.3 is 11.9 Å². The fourth-order valence-corrected chi connectivity index (χ4v) is 6.23. The molecule has 0 saturated heterocycles. The Kier molecular flexibility index (Phi) is 50.1. The van der Waals surface area contributed by atoms with Crippen LogP contribution in [0.1, 0.15) is 187 Å². The molecule has 0 aliphatic carbocycles. The summed E-state index contributed by atoms with van der Waals surface area (Å²) in [5.41, 5.74) is 0. The minimum Gasteiger partial charge on any atom is -0.462 e. The van der Waals surface area contributed by atoms with Crippen molar-refractivity contribution in [3.8, 4) is 0 Å². The number of ether oxygens (including phenoxy) is 2. The molecule has 1 atom stereocenters. The van der Waals surface area contributed by atoms with Crippen LogP contribution in [0.5, 0.6) is 0 Å². The molecule has 1 N–H and O–H groups in total. The number of rotatable bonds is 44. The predicted octanol–water partition coefficient (Wildman–Crippen LogP) is 17.2. The predicted molar refractivity (Wildman–Crippen MR) is 283 cm³/mol. The van der Waals surface area contributed by atoms with Crippen LogP contribution in [0.15, 0.2) is 158 Å². The minimum atomic E-state index is -0.809. The van der Waals surface area contributed by atoms with Gasteiger partial charge in [-0.25, -0.2) is 0 Å². The van der Waals surface area contributed by atoms with Crippen LogP contribution < -0.4 is 0 Å². The fourth-order valence-electron chi connectivity index (χ4n) is 6.23. The first-order valence-electron chi connectivity index (χ1n) is 25.5. The lowest BCUT2D eigenvalue weighted by molar-refractivity contribution is -0.161. The Hall–Kier alpha value is -4.48. The second kappa shape index (κ2) is 53.9. The van der Waals surface area contributed by atoms with Crippen LogP contribution >= 0.6 is 0 Å². The molecule has 0 saturated carbocycles. The van der Waals surface area contributed by atoms with Crippen molar-refractivity contribution in [3.05, 3.63) is 158 Å². The molecule has 1 unspecified atom stereocenters. The van der Waals surface area contributed by atoms with Gasteiger partial charge in [0.15, 0.2) is 6.10 Å². The molecule has 362 valence electrons. The van der Waals surface area contributed by atoms with Crippen molar-refractivity contribution in [1.29, 1.82) is 0 Å². The number of aliphatic hydroxyl groups excluding tert-OH is 1. The molecule has 0 spiro atoms. The number of carbonyl (C=O) groups excluding carboxylic acids is 2. The smallest absolute Gasteiger partial charge is 0.306 e. The van der Waals surface area contributed by atoms with Crippen LogP contribution in [0.2, 0.25) is 0 Å². The normalized spacial score (nSPS) is 13.6. The second-order valence-electron chi connectivity index (χ2n) is 16.2. The average Bonchev–Trinajstić information content (AvgIpc) is 3.31. The number of hydrogen-bond acceptors (Lipinski definition) is 5. The average molecular weight is 893 g/mol. The van der Waals surface area contributed by atoms with Crippen LogP contribution in [0.3, 0.4) is 0 Å². The van der Waals surface area contributed by atoms with E-state index >= 15 is 0 Å². The summed E-state index contributed by atoms with van der Waals surface area (Å²) in [4.78, 5) is 24.3. The SMILES string of the molecule is CC/C=C\C/C=C\C/C=C\C/C=C\C/C=C\C/C=C\C/C=C\C/C=C\C/C=C\C/C=C\C/C=C\C/C=C\CCCCC(=O)OC(CO)COC(=O)CCCCCCC/C=C\CCCCC. The van der Waals surface area contributed by atoms with Crippen molar-refractivity contribution in [2.45, 2.75) is 193 Å². The summed E-state index contributed by atoms with van der Waals surface area (Å²) >= 11 is 0. The van der Waals surface area contributed by atoms with E-state index in [1.807, 2.05) is 0 Å². The van der Waals surface area contributed by atoms with Gasteiger partial charge in [0.2, 0.25) is 0 Å². The number of aliphatic hydroxyl groups is 1. The third-order valence-electron chi connectivity index (χ3n) is 10.1. The molecule has 0 rings (SSSR count). The quantitative estimate of drug-likeness (QED) is 0.0375. The summed E-state index contributed by atoms with van der Waals surface area (Å²) in [6.45, 7) is 3.93. The van der Waals surface area contributed by atoms with Gasteiger partial charge in [-0.3, -0.25) is 9.59 Å². The lowest BCUT2D eigenvalue weighted by Gasteiger charge is -2.15. The molecule has 65 heavy (non-hydrogen) atoms. The zero-order valence-corrected chi connectivity index (χ0v) is 41.2. The van der Waals surface area contributed by atoms with Gasteiger partial charge in [0.1, 0.15) is 6.61 Å². The number of carbonyl (C=O) groups is 2.